The summed E-state index contributed by atoms with van der Waals surface area (Å²) in [5.41, 5.74) is 2.18. The molecule has 41 heavy (non-hydrogen) atoms. The summed E-state index contributed by atoms with van der Waals surface area (Å²) in [7, 11) is -3.88. The molecule has 0 saturated carbocycles. The fourth-order valence-electron chi connectivity index (χ4n) is 4.50. The number of nitrogens with one attached hydrogen (secondary N) is 1. The van der Waals surface area contributed by atoms with Crippen molar-refractivity contribution in [2.24, 2.45) is 0 Å². The van der Waals surface area contributed by atoms with E-state index in [0.717, 1.165) is 21.9 Å². The molecule has 0 spiro atoms. The van der Waals surface area contributed by atoms with Crippen LogP contribution in [-0.2, 0) is 23.1 Å². The van der Waals surface area contributed by atoms with Crippen molar-refractivity contribution in [3.63, 3.8) is 0 Å². The molecular weight excluding hydrogens is 538 g/mol. The average Bonchev–Trinajstić information content (AvgIpc) is 3.70. The van der Waals surface area contributed by atoms with Crippen molar-refractivity contribution < 1.29 is 22.2 Å². The molecule has 1 amide bonds. The monoisotopic (exact) mass is 563 g/mol. The third-order valence-corrected chi connectivity index (χ3v) is 8.45. The second-order valence-electron chi connectivity index (χ2n) is 9.45. The molecule has 6 aromatic rings. The van der Waals surface area contributed by atoms with E-state index in [1.54, 1.807) is 30.3 Å². The predicted molar refractivity (Wildman–Crippen MR) is 155 cm³/mol. The summed E-state index contributed by atoms with van der Waals surface area (Å²) < 4.78 is 39.4. The zero-order chi connectivity index (χ0) is 28.2. The molecule has 8 nitrogen and oxygen atoms in total. The van der Waals surface area contributed by atoms with Crippen LogP contribution in [-0.4, -0.2) is 23.8 Å². The van der Waals surface area contributed by atoms with E-state index in [0.29, 0.717) is 17.2 Å². The van der Waals surface area contributed by atoms with Gasteiger partial charge in [-0.3, -0.25) is 4.79 Å². The van der Waals surface area contributed by atoms with Gasteiger partial charge in [-0.2, -0.15) is 4.31 Å². The number of carbonyl (C=O) groups excluding carboxylic acids is 1. The van der Waals surface area contributed by atoms with Crippen molar-refractivity contribution in [2.75, 3.05) is 5.32 Å². The summed E-state index contributed by atoms with van der Waals surface area (Å²) in [4.78, 5) is 13.0. The molecule has 0 fully saturated rings. The molecule has 0 aliphatic rings. The maximum atomic E-state index is 13.6. The summed E-state index contributed by atoms with van der Waals surface area (Å²) in [6, 6.07) is 34.3. The lowest BCUT2D eigenvalue weighted by molar-refractivity contribution is 0.101. The zero-order valence-electron chi connectivity index (χ0n) is 21.8. The van der Waals surface area contributed by atoms with Gasteiger partial charge in [0.2, 0.25) is 10.0 Å². The minimum Gasteiger partial charge on any atom is -0.468 e. The van der Waals surface area contributed by atoms with Gasteiger partial charge in [-0.25, -0.2) is 8.42 Å². The Morgan fingerprint density at radius 3 is 2.29 bits per heavy atom. The van der Waals surface area contributed by atoms with Crippen LogP contribution in [0.3, 0.4) is 0 Å². The summed E-state index contributed by atoms with van der Waals surface area (Å²) in [5, 5.41) is 8.83. The first-order chi connectivity index (χ1) is 20.0. The Bertz CT molecular complexity index is 1900. The van der Waals surface area contributed by atoms with E-state index in [1.165, 1.54) is 22.7 Å². The summed E-state index contributed by atoms with van der Waals surface area (Å²) in [6.45, 7) is 0.252. The second-order valence-corrected chi connectivity index (χ2v) is 11.4. The quantitative estimate of drug-likeness (QED) is 0.209. The number of sulfonamides is 1. The summed E-state index contributed by atoms with van der Waals surface area (Å²) in [5.74, 6) is 0.529. The lowest BCUT2D eigenvalue weighted by Crippen LogP contribution is -2.30. The highest BCUT2D eigenvalue weighted by molar-refractivity contribution is 7.89. The van der Waals surface area contributed by atoms with Crippen molar-refractivity contribution in [1.29, 1.82) is 0 Å². The Morgan fingerprint density at radius 1 is 0.780 bits per heavy atom. The minimum atomic E-state index is -3.88. The smallest absolute Gasteiger partial charge is 0.277 e. The highest BCUT2D eigenvalue weighted by Gasteiger charge is 2.26. The minimum absolute atomic E-state index is 0.0778. The SMILES string of the molecule is O=C(Nc1ccc(S(=O)(=O)N(Cc2ccccc2)Cc2ccco2)cc1)c1cc(-c2ccc3ccccc3c2)on1. The van der Waals surface area contributed by atoms with Gasteiger partial charge in [0, 0.05) is 23.9 Å². The van der Waals surface area contributed by atoms with Gasteiger partial charge < -0.3 is 14.3 Å². The fourth-order valence-corrected chi connectivity index (χ4v) is 5.90. The van der Waals surface area contributed by atoms with E-state index in [2.05, 4.69) is 10.5 Å². The first-order valence-corrected chi connectivity index (χ1v) is 14.3. The number of anilines is 1. The number of hydrogen-bond donors (Lipinski definition) is 1. The summed E-state index contributed by atoms with van der Waals surface area (Å²) in [6.07, 6.45) is 1.51. The molecule has 0 bridgehead atoms. The van der Waals surface area contributed by atoms with Crippen LogP contribution in [0.4, 0.5) is 5.69 Å². The molecule has 0 unspecified atom stereocenters. The largest absolute Gasteiger partial charge is 0.468 e. The van der Waals surface area contributed by atoms with E-state index < -0.39 is 15.9 Å². The van der Waals surface area contributed by atoms with Gasteiger partial charge in [0.05, 0.1) is 17.7 Å². The number of nitrogens with zero attached hydrogens (tertiary/aromatic N) is 2. The normalized spacial score (nSPS) is 11.6. The molecule has 0 aliphatic carbocycles. The molecule has 2 aromatic heterocycles. The van der Waals surface area contributed by atoms with Crippen LogP contribution < -0.4 is 5.32 Å². The van der Waals surface area contributed by atoms with Crippen molar-refractivity contribution in [1.82, 2.24) is 9.46 Å². The Hall–Kier alpha value is -4.99. The van der Waals surface area contributed by atoms with Gasteiger partial charge in [-0.15, -0.1) is 0 Å². The molecule has 204 valence electrons. The second kappa shape index (κ2) is 11.2. The van der Waals surface area contributed by atoms with Crippen LogP contribution in [0.15, 0.2) is 135 Å². The van der Waals surface area contributed by atoms with E-state index in [9.17, 15) is 13.2 Å². The van der Waals surface area contributed by atoms with Crippen LogP contribution in [0.2, 0.25) is 0 Å². The van der Waals surface area contributed by atoms with Gasteiger partial charge >= 0.3 is 0 Å². The maximum Gasteiger partial charge on any atom is 0.277 e. The number of carbonyl (C=O) groups is 1. The van der Waals surface area contributed by atoms with Gasteiger partial charge in [-0.05, 0) is 58.8 Å². The molecule has 1 N–H and O–H groups in total. The molecule has 0 radical (unpaired) electrons. The molecule has 0 atom stereocenters. The van der Waals surface area contributed by atoms with Gasteiger partial charge in [-0.1, -0.05) is 71.9 Å². The number of amides is 1. The maximum absolute atomic E-state index is 13.6. The zero-order valence-corrected chi connectivity index (χ0v) is 22.6. The van der Waals surface area contributed by atoms with Crippen LogP contribution >= 0.6 is 0 Å². The predicted octanol–water partition coefficient (Wildman–Crippen LogP) is 6.73. The van der Waals surface area contributed by atoms with E-state index in [1.807, 2.05) is 72.8 Å². The number of hydrogen-bond acceptors (Lipinski definition) is 6. The van der Waals surface area contributed by atoms with Crippen molar-refractivity contribution >= 4 is 32.4 Å². The van der Waals surface area contributed by atoms with Gasteiger partial charge in [0.25, 0.3) is 5.91 Å². The number of rotatable bonds is 9. The number of furan rings is 1. The lowest BCUT2D eigenvalue weighted by atomic mass is 10.1. The number of fused-ring (bicyclic) bond motifs is 1. The lowest BCUT2D eigenvalue weighted by Gasteiger charge is -2.21. The van der Waals surface area contributed by atoms with E-state index >= 15 is 0 Å². The summed E-state index contributed by atoms with van der Waals surface area (Å²) >= 11 is 0. The fraction of sp³-hybridized carbons (Fsp3) is 0.0625. The molecule has 0 aliphatic heterocycles. The van der Waals surface area contributed by atoms with E-state index in [-0.39, 0.29) is 23.7 Å². The highest BCUT2D eigenvalue weighted by Crippen LogP contribution is 2.26. The molecule has 9 heteroatoms. The first kappa shape index (κ1) is 26.2. The van der Waals surface area contributed by atoms with Crippen molar-refractivity contribution in [3.05, 3.63) is 139 Å². The number of benzene rings is 4. The average molecular weight is 564 g/mol. The van der Waals surface area contributed by atoms with Crippen LogP contribution in [0, 0.1) is 0 Å². The topological polar surface area (TPSA) is 106 Å². The highest BCUT2D eigenvalue weighted by atomic mass is 32.2. The van der Waals surface area contributed by atoms with Gasteiger partial charge in [0.1, 0.15) is 5.76 Å². The van der Waals surface area contributed by atoms with Crippen LogP contribution in [0.25, 0.3) is 22.1 Å². The standard InChI is InChI=1S/C32H25N3O5S/c36-32(30-20-31(40-34-30)26-13-12-24-9-4-5-10-25(24)19-26)33-27-14-16-29(17-15-27)41(37,38)35(22-28-11-6-18-39-28)21-23-7-2-1-3-8-23/h1-20H,21-22H2,(H,33,36). The number of aromatic nitrogens is 1. The molecule has 0 saturated heterocycles. The Labute approximate surface area is 236 Å². The molecule has 4 aromatic carbocycles. The third kappa shape index (κ3) is 5.81. The Morgan fingerprint density at radius 2 is 1.54 bits per heavy atom. The molecular formula is C32H25N3O5S. The van der Waals surface area contributed by atoms with Crippen molar-refractivity contribution in [3.8, 4) is 11.3 Å². The van der Waals surface area contributed by atoms with Crippen molar-refractivity contribution in [2.45, 2.75) is 18.0 Å². The van der Waals surface area contributed by atoms with Gasteiger partial charge in [0.15, 0.2) is 11.5 Å². The third-order valence-electron chi connectivity index (χ3n) is 6.64. The molecule has 2 heterocycles. The van der Waals surface area contributed by atoms with Crippen LogP contribution in [0.5, 0.6) is 0 Å². The van der Waals surface area contributed by atoms with Crippen LogP contribution in [0.1, 0.15) is 21.8 Å². The van der Waals surface area contributed by atoms with E-state index in [4.69, 9.17) is 8.94 Å². The first-order valence-electron chi connectivity index (χ1n) is 12.9. The Balaban J connectivity index is 1.17. The molecule has 6 rings (SSSR count). The Kier molecular flexibility index (Phi) is 7.20.